The van der Waals surface area contributed by atoms with Crippen LogP contribution >= 0.6 is 0 Å². The highest BCUT2D eigenvalue weighted by Crippen LogP contribution is 2.47. The molecule has 0 aromatic rings. The van der Waals surface area contributed by atoms with Crippen LogP contribution in [-0.2, 0) is 0 Å². The minimum atomic E-state index is 0.362. The SMILES string of the molecule is NCCN1CC(CO)C2(CCCCC2)C1. The molecule has 0 radical (unpaired) electrons. The Balaban J connectivity index is 2.02. The number of aliphatic hydroxyl groups is 1. The number of hydrogen-bond acceptors (Lipinski definition) is 3. The van der Waals surface area contributed by atoms with Gasteiger partial charge in [0, 0.05) is 38.7 Å². The highest BCUT2D eigenvalue weighted by atomic mass is 16.3. The number of nitrogens with two attached hydrogens (primary N) is 1. The van der Waals surface area contributed by atoms with Gasteiger partial charge in [0.25, 0.3) is 0 Å². The van der Waals surface area contributed by atoms with Crippen molar-refractivity contribution in [1.29, 1.82) is 0 Å². The van der Waals surface area contributed by atoms with Crippen molar-refractivity contribution in [3.8, 4) is 0 Å². The Hall–Kier alpha value is -0.120. The van der Waals surface area contributed by atoms with E-state index in [1.54, 1.807) is 0 Å². The van der Waals surface area contributed by atoms with E-state index in [4.69, 9.17) is 5.73 Å². The van der Waals surface area contributed by atoms with Crippen LogP contribution in [0.15, 0.2) is 0 Å². The summed E-state index contributed by atoms with van der Waals surface area (Å²) in [5, 5.41) is 9.51. The maximum atomic E-state index is 9.51. The molecule has 3 heteroatoms. The van der Waals surface area contributed by atoms with Crippen LogP contribution in [0.3, 0.4) is 0 Å². The lowest BCUT2D eigenvalue weighted by Gasteiger charge is -2.37. The highest BCUT2D eigenvalue weighted by Gasteiger charge is 2.45. The predicted molar refractivity (Wildman–Crippen MR) is 61.6 cm³/mol. The first-order valence-electron chi connectivity index (χ1n) is 6.34. The molecule has 1 saturated carbocycles. The third-order valence-electron chi connectivity index (χ3n) is 4.40. The van der Waals surface area contributed by atoms with Crippen molar-refractivity contribution in [2.45, 2.75) is 32.1 Å². The molecule has 1 aliphatic carbocycles. The van der Waals surface area contributed by atoms with Crippen LogP contribution in [-0.4, -0.2) is 42.8 Å². The van der Waals surface area contributed by atoms with E-state index in [-0.39, 0.29) is 0 Å². The maximum Gasteiger partial charge on any atom is 0.0477 e. The minimum absolute atomic E-state index is 0.362. The van der Waals surface area contributed by atoms with Gasteiger partial charge in [-0.1, -0.05) is 19.3 Å². The standard InChI is InChI=1S/C12H24N2O/c13-6-7-14-8-11(9-15)12(10-14)4-2-1-3-5-12/h11,15H,1-10,13H2. The Labute approximate surface area is 92.6 Å². The van der Waals surface area contributed by atoms with Crippen LogP contribution in [0, 0.1) is 11.3 Å². The Morgan fingerprint density at radius 2 is 2.00 bits per heavy atom. The molecular formula is C12H24N2O. The molecule has 1 unspecified atom stereocenters. The monoisotopic (exact) mass is 212 g/mol. The van der Waals surface area contributed by atoms with Gasteiger partial charge in [0.05, 0.1) is 0 Å². The van der Waals surface area contributed by atoms with Crippen molar-refractivity contribution >= 4 is 0 Å². The molecule has 3 nitrogen and oxygen atoms in total. The number of nitrogens with zero attached hydrogens (tertiary/aromatic N) is 1. The van der Waals surface area contributed by atoms with Crippen LogP contribution in [0.25, 0.3) is 0 Å². The van der Waals surface area contributed by atoms with E-state index in [1.165, 1.54) is 38.6 Å². The fourth-order valence-corrected chi connectivity index (χ4v) is 3.57. The lowest BCUT2D eigenvalue weighted by Crippen LogP contribution is -2.35. The van der Waals surface area contributed by atoms with E-state index in [0.29, 0.717) is 17.9 Å². The van der Waals surface area contributed by atoms with Crippen molar-refractivity contribution < 1.29 is 5.11 Å². The van der Waals surface area contributed by atoms with Gasteiger partial charge in [0.2, 0.25) is 0 Å². The lowest BCUT2D eigenvalue weighted by molar-refractivity contribution is 0.0917. The molecule has 0 aromatic carbocycles. The number of likely N-dealkylation sites (tertiary alicyclic amines) is 1. The Kier molecular flexibility index (Phi) is 3.65. The van der Waals surface area contributed by atoms with E-state index < -0.39 is 0 Å². The Morgan fingerprint density at radius 1 is 1.27 bits per heavy atom. The number of hydrogen-bond donors (Lipinski definition) is 2. The van der Waals surface area contributed by atoms with Crippen molar-refractivity contribution in [2.75, 3.05) is 32.8 Å². The van der Waals surface area contributed by atoms with Gasteiger partial charge in [-0.2, -0.15) is 0 Å². The molecule has 1 aliphatic heterocycles. The predicted octanol–water partition coefficient (Wildman–Crippen LogP) is 0.820. The normalized spacial score (nSPS) is 31.2. The van der Waals surface area contributed by atoms with E-state index in [0.717, 1.165) is 19.6 Å². The summed E-state index contributed by atoms with van der Waals surface area (Å²) in [5.41, 5.74) is 6.04. The molecule has 1 atom stereocenters. The second kappa shape index (κ2) is 4.81. The zero-order valence-electron chi connectivity index (χ0n) is 9.62. The quantitative estimate of drug-likeness (QED) is 0.728. The van der Waals surface area contributed by atoms with Gasteiger partial charge < -0.3 is 15.7 Å². The molecule has 0 aromatic heterocycles. The first kappa shape index (κ1) is 11.4. The Bertz CT molecular complexity index is 202. The van der Waals surface area contributed by atoms with Gasteiger partial charge >= 0.3 is 0 Å². The third-order valence-corrected chi connectivity index (χ3v) is 4.40. The van der Waals surface area contributed by atoms with Crippen LogP contribution in [0.1, 0.15) is 32.1 Å². The molecule has 1 saturated heterocycles. The van der Waals surface area contributed by atoms with E-state index >= 15 is 0 Å². The second-order valence-electron chi connectivity index (χ2n) is 5.33. The molecule has 15 heavy (non-hydrogen) atoms. The lowest BCUT2D eigenvalue weighted by atomic mass is 9.68. The number of rotatable bonds is 3. The zero-order valence-corrected chi connectivity index (χ0v) is 9.62. The first-order chi connectivity index (χ1) is 7.30. The van der Waals surface area contributed by atoms with Crippen molar-refractivity contribution in [3.05, 3.63) is 0 Å². The summed E-state index contributed by atoms with van der Waals surface area (Å²) in [6.07, 6.45) is 6.73. The summed E-state index contributed by atoms with van der Waals surface area (Å²) in [4.78, 5) is 2.45. The summed E-state index contributed by atoms with van der Waals surface area (Å²) in [6.45, 7) is 4.34. The smallest absolute Gasteiger partial charge is 0.0477 e. The van der Waals surface area contributed by atoms with Crippen LogP contribution in [0.2, 0.25) is 0 Å². The van der Waals surface area contributed by atoms with E-state index in [2.05, 4.69) is 4.90 Å². The second-order valence-corrected chi connectivity index (χ2v) is 5.33. The third kappa shape index (κ3) is 2.19. The molecule has 0 amide bonds. The van der Waals surface area contributed by atoms with Crippen molar-refractivity contribution in [1.82, 2.24) is 4.90 Å². The fourth-order valence-electron chi connectivity index (χ4n) is 3.57. The van der Waals surface area contributed by atoms with Gasteiger partial charge in [0.1, 0.15) is 0 Å². The molecule has 1 heterocycles. The minimum Gasteiger partial charge on any atom is -0.396 e. The molecule has 2 rings (SSSR count). The van der Waals surface area contributed by atoms with Gasteiger partial charge in [-0.25, -0.2) is 0 Å². The molecule has 3 N–H and O–H groups in total. The average Bonchev–Trinajstić information content (AvgIpc) is 2.58. The summed E-state index contributed by atoms with van der Waals surface area (Å²) in [6, 6.07) is 0. The molecular weight excluding hydrogens is 188 g/mol. The van der Waals surface area contributed by atoms with Gasteiger partial charge in [-0.3, -0.25) is 0 Å². The summed E-state index contributed by atoms with van der Waals surface area (Å²) >= 11 is 0. The zero-order chi connectivity index (χ0) is 10.7. The highest BCUT2D eigenvalue weighted by molar-refractivity contribution is 4.97. The van der Waals surface area contributed by atoms with Crippen LogP contribution in [0.5, 0.6) is 0 Å². The van der Waals surface area contributed by atoms with E-state index in [1.807, 2.05) is 0 Å². The molecule has 2 fully saturated rings. The van der Waals surface area contributed by atoms with Crippen molar-refractivity contribution in [3.63, 3.8) is 0 Å². The van der Waals surface area contributed by atoms with Crippen LogP contribution < -0.4 is 5.73 Å². The molecule has 1 spiro atoms. The summed E-state index contributed by atoms with van der Waals surface area (Å²) in [5.74, 6) is 0.504. The topological polar surface area (TPSA) is 49.5 Å². The summed E-state index contributed by atoms with van der Waals surface area (Å²) in [7, 11) is 0. The van der Waals surface area contributed by atoms with Gasteiger partial charge in [0.15, 0.2) is 0 Å². The maximum absolute atomic E-state index is 9.51. The summed E-state index contributed by atoms with van der Waals surface area (Å²) < 4.78 is 0. The fraction of sp³-hybridized carbons (Fsp3) is 1.00. The largest absolute Gasteiger partial charge is 0.396 e. The molecule has 2 aliphatic rings. The number of aliphatic hydroxyl groups excluding tert-OH is 1. The first-order valence-corrected chi connectivity index (χ1v) is 6.34. The van der Waals surface area contributed by atoms with Gasteiger partial charge in [-0.15, -0.1) is 0 Å². The molecule has 88 valence electrons. The molecule has 0 bridgehead atoms. The van der Waals surface area contributed by atoms with Crippen molar-refractivity contribution in [2.24, 2.45) is 17.1 Å². The van der Waals surface area contributed by atoms with Gasteiger partial charge in [-0.05, 0) is 18.3 Å². The average molecular weight is 212 g/mol. The van der Waals surface area contributed by atoms with E-state index in [9.17, 15) is 5.11 Å². The Morgan fingerprint density at radius 3 is 2.60 bits per heavy atom. The van der Waals surface area contributed by atoms with Crippen LogP contribution in [0.4, 0.5) is 0 Å².